The van der Waals surface area contributed by atoms with Crippen LogP contribution in [-0.4, -0.2) is 9.97 Å². The molecule has 0 N–H and O–H groups in total. The molecule has 3 heterocycles. The molecule has 51 heavy (non-hydrogen) atoms. The van der Waals surface area contributed by atoms with E-state index in [-0.39, 0.29) is 0 Å². The Labute approximate surface area is 294 Å². The second kappa shape index (κ2) is 10.8. The highest BCUT2D eigenvalue weighted by atomic mass is 16.3. The average molecular weight is 654 g/mol. The topological polar surface area (TPSA) is 45.4 Å². The first-order valence-corrected chi connectivity index (χ1v) is 17.1. The molecule has 5 heteroatoms. The second-order valence-electron chi connectivity index (χ2n) is 12.9. The molecule has 0 aliphatic carbocycles. The van der Waals surface area contributed by atoms with Gasteiger partial charge in [-0.1, -0.05) is 140 Å². The van der Waals surface area contributed by atoms with Crippen LogP contribution in [0, 0.1) is 0 Å². The van der Waals surface area contributed by atoms with Gasteiger partial charge in [-0.15, -0.1) is 0 Å². The number of anilines is 4. The molecule has 238 valence electrons. The van der Waals surface area contributed by atoms with Gasteiger partial charge in [0, 0.05) is 32.8 Å². The van der Waals surface area contributed by atoms with Crippen molar-refractivity contribution >= 4 is 77.4 Å². The highest BCUT2D eigenvalue weighted by Crippen LogP contribution is 2.57. The highest BCUT2D eigenvalue weighted by molar-refractivity contribution is 6.30. The minimum Gasteiger partial charge on any atom is -0.454 e. The Kier molecular flexibility index (Phi) is 5.68. The van der Waals surface area contributed by atoms with Crippen LogP contribution < -0.4 is 10.0 Å². The van der Waals surface area contributed by atoms with Crippen molar-refractivity contribution in [1.82, 2.24) is 9.97 Å². The molecule has 1 aliphatic rings. The molecule has 0 fully saturated rings. The van der Waals surface area contributed by atoms with Crippen LogP contribution in [0.3, 0.4) is 0 Å². The first-order valence-electron chi connectivity index (χ1n) is 17.6. The fraction of sp³-hybridized carbons (Fsp3) is 0. The lowest BCUT2D eigenvalue weighted by Gasteiger charge is -2.43. The van der Waals surface area contributed by atoms with Crippen molar-refractivity contribution in [3.05, 3.63) is 170 Å². The van der Waals surface area contributed by atoms with Gasteiger partial charge in [-0.25, -0.2) is 20.0 Å². The molecule has 0 saturated heterocycles. The summed E-state index contributed by atoms with van der Waals surface area (Å²) in [5.74, 6) is 0.470. The average Bonchev–Trinajstić information content (AvgIpc) is 3.60. The number of aromatic nitrogens is 2. The third-order valence-electron chi connectivity index (χ3n) is 10.0. The lowest BCUT2D eigenvalue weighted by atomic mass is 9.87. The Bertz CT molecular complexity index is 3050. The fourth-order valence-electron chi connectivity index (χ4n) is 7.89. The third-order valence-corrected chi connectivity index (χ3v) is 10.0. The minimum atomic E-state index is 0.394. The molecule has 0 unspecified atom stereocenters. The van der Waals surface area contributed by atoms with E-state index in [0.29, 0.717) is 12.0 Å². The highest BCUT2D eigenvalue weighted by Gasteiger charge is 2.38. The quantitative estimate of drug-likeness (QED) is 0.190. The van der Waals surface area contributed by atoms with E-state index in [1.165, 1.54) is 0 Å². The van der Waals surface area contributed by atoms with E-state index in [4.69, 9.17) is 14.4 Å². The van der Waals surface area contributed by atoms with Gasteiger partial charge in [0.05, 0.1) is 24.0 Å². The molecule has 0 atom stereocenters. The molecule has 0 amide bonds. The molecule has 8 aromatic carbocycles. The Balaban J connectivity index is 1.39. The molecule has 0 bridgehead atoms. The van der Waals surface area contributed by atoms with E-state index in [1.54, 1.807) is 0 Å². The molecule has 0 spiro atoms. The number of rotatable bonds is 3. The molecule has 0 saturated carbocycles. The molecule has 10 aromatic rings. The monoisotopic (exact) mass is 653 g/mol. The number of hydrazine groups is 1. The maximum absolute atomic E-state index is 9.74. The first kappa shape index (κ1) is 26.9. The lowest BCUT2D eigenvalue weighted by Crippen LogP contribution is -2.40. The standard InChI is InChI=1S/C46H28N4O/c1-3-16-30(17-4-1)43-35-23-11-13-25-37(35)47-46(48-43)50-44-42(34-22-10-9-21-33(34)40-36-24-12-14-26-39(36)51-45(40)44)41-32-20-8-7-15-29(32)27-28-38(41)49(50)31-18-5-2-6-19-31/h1-28H/i28D. The molecular formula is C46H28N4O. The van der Waals surface area contributed by atoms with Crippen molar-refractivity contribution < 1.29 is 5.79 Å². The molecular weight excluding hydrogens is 625 g/mol. The van der Waals surface area contributed by atoms with E-state index < -0.39 is 0 Å². The van der Waals surface area contributed by atoms with Gasteiger partial charge >= 0.3 is 0 Å². The van der Waals surface area contributed by atoms with Crippen molar-refractivity contribution in [3.8, 4) is 22.4 Å². The summed E-state index contributed by atoms with van der Waals surface area (Å²) in [5.41, 5.74) is 8.57. The summed E-state index contributed by atoms with van der Waals surface area (Å²) in [5, 5.41) is 11.4. The number of benzene rings is 8. The number of hydrogen-bond acceptors (Lipinski definition) is 5. The zero-order chi connectivity index (χ0) is 34.3. The number of furan rings is 1. The molecule has 2 aromatic heterocycles. The van der Waals surface area contributed by atoms with Crippen LogP contribution in [0.2, 0.25) is 0 Å². The van der Waals surface area contributed by atoms with Crippen molar-refractivity contribution in [3.63, 3.8) is 0 Å². The Hall–Kier alpha value is -6.98. The number of para-hydroxylation sites is 3. The van der Waals surface area contributed by atoms with Crippen LogP contribution in [0.15, 0.2) is 174 Å². The molecule has 0 radical (unpaired) electrons. The molecule has 5 nitrogen and oxygen atoms in total. The first-order chi connectivity index (χ1) is 25.7. The zero-order valence-electron chi connectivity index (χ0n) is 28.3. The zero-order valence-corrected chi connectivity index (χ0v) is 27.3. The summed E-state index contributed by atoms with van der Waals surface area (Å²) in [7, 11) is 0. The van der Waals surface area contributed by atoms with Gasteiger partial charge in [0.1, 0.15) is 11.3 Å². The van der Waals surface area contributed by atoms with Crippen molar-refractivity contribution in [1.29, 1.82) is 0 Å². The van der Waals surface area contributed by atoms with Crippen molar-refractivity contribution in [2.75, 3.05) is 10.0 Å². The van der Waals surface area contributed by atoms with E-state index >= 15 is 0 Å². The van der Waals surface area contributed by atoms with Crippen molar-refractivity contribution in [2.45, 2.75) is 0 Å². The molecule has 1 aliphatic heterocycles. The van der Waals surface area contributed by atoms with E-state index in [9.17, 15) is 1.37 Å². The van der Waals surface area contributed by atoms with Crippen LogP contribution in [-0.2, 0) is 0 Å². The van der Waals surface area contributed by atoms with Crippen LogP contribution in [0.1, 0.15) is 1.37 Å². The Morgan fingerprint density at radius 3 is 1.98 bits per heavy atom. The number of fused-ring (bicyclic) bond motifs is 13. The predicted molar refractivity (Wildman–Crippen MR) is 210 cm³/mol. The maximum atomic E-state index is 9.74. The van der Waals surface area contributed by atoms with Gasteiger partial charge in [0.25, 0.3) is 5.95 Å². The fourth-order valence-corrected chi connectivity index (χ4v) is 7.89. The van der Waals surface area contributed by atoms with Gasteiger partial charge in [-0.3, -0.25) is 0 Å². The van der Waals surface area contributed by atoms with Crippen LogP contribution >= 0.6 is 0 Å². The van der Waals surface area contributed by atoms with Gasteiger partial charge in [-0.05, 0) is 51.9 Å². The van der Waals surface area contributed by atoms with Crippen LogP contribution in [0.4, 0.5) is 23.0 Å². The summed E-state index contributed by atoms with van der Waals surface area (Å²) >= 11 is 0. The van der Waals surface area contributed by atoms with E-state index in [0.717, 1.165) is 93.8 Å². The molecule has 11 rings (SSSR count). The predicted octanol–water partition coefficient (Wildman–Crippen LogP) is 12.4. The largest absolute Gasteiger partial charge is 0.454 e. The summed E-state index contributed by atoms with van der Waals surface area (Å²) in [6.45, 7) is 0. The Morgan fingerprint density at radius 2 is 1.16 bits per heavy atom. The van der Waals surface area contributed by atoms with Crippen LogP contribution in [0.5, 0.6) is 0 Å². The van der Waals surface area contributed by atoms with Gasteiger partial charge in [0.15, 0.2) is 5.58 Å². The SMILES string of the molecule is [2H]c1cc2ccccc2c2c1N(c1ccccc1)N(c1nc(-c3ccccc3)c3ccccc3n1)c1c-2c2ccccc2c2c1oc1ccccc12. The van der Waals surface area contributed by atoms with Crippen LogP contribution in [0.25, 0.3) is 76.8 Å². The normalized spacial score (nSPS) is 12.9. The van der Waals surface area contributed by atoms with Crippen molar-refractivity contribution in [2.24, 2.45) is 0 Å². The third kappa shape index (κ3) is 4.03. The maximum Gasteiger partial charge on any atom is 0.251 e. The van der Waals surface area contributed by atoms with Gasteiger partial charge in [-0.2, -0.15) is 0 Å². The lowest BCUT2D eigenvalue weighted by molar-refractivity contribution is 0.667. The number of nitrogens with zero attached hydrogens (tertiary/aromatic N) is 4. The summed E-state index contributed by atoms with van der Waals surface area (Å²) in [4.78, 5) is 10.8. The van der Waals surface area contributed by atoms with Gasteiger partial charge in [0.2, 0.25) is 0 Å². The summed E-state index contributed by atoms with van der Waals surface area (Å²) in [6, 6.07) is 56.2. The smallest absolute Gasteiger partial charge is 0.251 e. The van der Waals surface area contributed by atoms with E-state index in [2.05, 4.69) is 94.9 Å². The summed E-state index contributed by atoms with van der Waals surface area (Å²) in [6.07, 6.45) is 0. The second-order valence-corrected chi connectivity index (χ2v) is 12.9. The summed E-state index contributed by atoms with van der Waals surface area (Å²) < 4.78 is 16.7. The minimum absolute atomic E-state index is 0.394. The van der Waals surface area contributed by atoms with Gasteiger partial charge < -0.3 is 4.42 Å². The van der Waals surface area contributed by atoms with E-state index in [1.807, 2.05) is 78.9 Å². The number of hydrogen-bond donors (Lipinski definition) is 0. The Morgan fingerprint density at radius 1 is 0.510 bits per heavy atom.